The van der Waals surface area contributed by atoms with Gasteiger partial charge < -0.3 is 20.1 Å². The molecule has 0 bridgehead atoms. The van der Waals surface area contributed by atoms with Gasteiger partial charge in [0, 0.05) is 0 Å². The fraction of sp³-hybridized carbons (Fsp3) is 0.571. The molecule has 0 aliphatic carbocycles. The number of aromatic hydroxyl groups is 1. The minimum Gasteiger partial charge on any atom is -0.504 e. The first-order valence-electron chi connectivity index (χ1n) is 6.39. The molecule has 0 heterocycles. The van der Waals surface area contributed by atoms with Crippen LogP contribution in [0.1, 0.15) is 32.3 Å². The predicted molar refractivity (Wildman–Crippen MR) is 69.9 cm³/mol. The molecule has 0 fully saturated rings. The van der Waals surface area contributed by atoms with Gasteiger partial charge in [-0.15, -0.1) is 0 Å². The number of aryl methyl sites for hydroxylation is 1. The van der Waals surface area contributed by atoms with E-state index in [9.17, 15) is 15.3 Å². The molecule has 2 atom stereocenters. The second kappa shape index (κ2) is 7.24. The second-order valence-electron chi connectivity index (χ2n) is 4.28. The molecule has 0 radical (unpaired) electrons. The van der Waals surface area contributed by atoms with E-state index in [0.29, 0.717) is 31.6 Å². The molecule has 0 spiro atoms. The Labute approximate surface area is 108 Å². The van der Waals surface area contributed by atoms with Crippen LogP contribution >= 0.6 is 0 Å². The van der Waals surface area contributed by atoms with Gasteiger partial charge in [0.1, 0.15) is 0 Å². The van der Waals surface area contributed by atoms with E-state index in [1.54, 1.807) is 12.1 Å². The quantitative estimate of drug-likeness (QED) is 0.694. The lowest BCUT2D eigenvalue weighted by Gasteiger charge is -2.16. The van der Waals surface area contributed by atoms with Crippen LogP contribution in [-0.2, 0) is 6.42 Å². The first kappa shape index (κ1) is 14.8. The number of phenolic OH excluding ortho intramolecular Hbond substituents is 1. The van der Waals surface area contributed by atoms with Crippen LogP contribution in [0.3, 0.4) is 0 Å². The monoisotopic (exact) mass is 254 g/mol. The van der Waals surface area contributed by atoms with Gasteiger partial charge in [-0.05, 0) is 37.8 Å². The predicted octanol–water partition coefficient (Wildman–Crippen LogP) is 1.86. The van der Waals surface area contributed by atoms with E-state index >= 15 is 0 Å². The van der Waals surface area contributed by atoms with Gasteiger partial charge in [-0.2, -0.15) is 0 Å². The number of ether oxygens (including phenoxy) is 1. The van der Waals surface area contributed by atoms with Crippen molar-refractivity contribution in [2.24, 2.45) is 0 Å². The van der Waals surface area contributed by atoms with Crippen LogP contribution in [0.25, 0.3) is 0 Å². The van der Waals surface area contributed by atoms with Crippen molar-refractivity contribution in [3.05, 3.63) is 23.8 Å². The molecule has 4 heteroatoms. The smallest absolute Gasteiger partial charge is 0.161 e. The van der Waals surface area contributed by atoms with Crippen molar-refractivity contribution in [1.82, 2.24) is 0 Å². The average molecular weight is 254 g/mol. The molecular weight excluding hydrogens is 232 g/mol. The first-order valence-corrected chi connectivity index (χ1v) is 6.39. The summed E-state index contributed by atoms with van der Waals surface area (Å²) in [7, 11) is 0. The number of hydrogen-bond acceptors (Lipinski definition) is 4. The lowest BCUT2D eigenvalue weighted by atomic mass is 10.0. The van der Waals surface area contributed by atoms with Gasteiger partial charge in [0.15, 0.2) is 11.5 Å². The Balaban J connectivity index is 2.65. The number of para-hydroxylation sites is 1. The molecule has 102 valence electrons. The highest BCUT2D eigenvalue weighted by atomic mass is 16.5. The number of hydrogen-bond donors (Lipinski definition) is 3. The summed E-state index contributed by atoms with van der Waals surface area (Å²) in [6, 6.07) is 5.31. The van der Waals surface area contributed by atoms with Crippen molar-refractivity contribution >= 4 is 0 Å². The molecule has 1 rings (SSSR count). The molecule has 0 saturated carbocycles. The summed E-state index contributed by atoms with van der Waals surface area (Å²) in [6.07, 6.45) is -0.0257. The number of aliphatic hydroxyl groups excluding tert-OH is 2. The van der Waals surface area contributed by atoms with Crippen molar-refractivity contribution in [3.8, 4) is 11.5 Å². The lowest BCUT2D eigenvalue weighted by molar-refractivity contribution is 0.0130. The molecule has 0 amide bonds. The minimum atomic E-state index is -0.759. The van der Waals surface area contributed by atoms with Gasteiger partial charge in [-0.3, -0.25) is 0 Å². The van der Waals surface area contributed by atoms with Crippen molar-refractivity contribution < 1.29 is 20.1 Å². The molecule has 3 N–H and O–H groups in total. The van der Waals surface area contributed by atoms with Gasteiger partial charge in [-0.1, -0.05) is 19.1 Å². The largest absolute Gasteiger partial charge is 0.504 e. The molecule has 1 aromatic rings. The zero-order chi connectivity index (χ0) is 13.5. The SMILES string of the molecule is CCOc1cccc(CCC(O)C(O)CC)c1O. The first-order chi connectivity index (χ1) is 8.60. The molecule has 0 aliphatic rings. The summed E-state index contributed by atoms with van der Waals surface area (Å²) in [5, 5.41) is 29.1. The maximum absolute atomic E-state index is 9.96. The van der Waals surface area contributed by atoms with Crippen LogP contribution in [0.4, 0.5) is 0 Å². The lowest BCUT2D eigenvalue weighted by Crippen LogP contribution is -2.25. The van der Waals surface area contributed by atoms with E-state index < -0.39 is 12.2 Å². The highest BCUT2D eigenvalue weighted by Crippen LogP contribution is 2.30. The minimum absolute atomic E-state index is 0.123. The van der Waals surface area contributed by atoms with Crippen LogP contribution in [-0.4, -0.2) is 34.1 Å². The van der Waals surface area contributed by atoms with Crippen LogP contribution in [0.15, 0.2) is 18.2 Å². The summed E-state index contributed by atoms with van der Waals surface area (Å²) in [5.41, 5.74) is 0.725. The second-order valence-corrected chi connectivity index (χ2v) is 4.28. The Morgan fingerprint density at radius 1 is 1.17 bits per heavy atom. The van der Waals surface area contributed by atoms with E-state index in [-0.39, 0.29) is 5.75 Å². The Hall–Kier alpha value is -1.26. The fourth-order valence-corrected chi connectivity index (χ4v) is 1.81. The van der Waals surface area contributed by atoms with E-state index in [1.165, 1.54) is 0 Å². The summed E-state index contributed by atoms with van der Waals surface area (Å²) in [6.45, 7) is 4.17. The molecule has 0 saturated heterocycles. The highest BCUT2D eigenvalue weighted by molar-refractivity contribution is 5.45. The third-order valence-corrected chi connectivity index (χ3v) is 2.95. The molecule has 0 aliphatic heterocycles. The third kappa shape index (κ3) is 3.89. The van der Waals surface area contributed by atoms with Gasteiger partial charge in [0.05, 0.1) is 18.8 Å². The molecular formula is C14H22O4. The maximum atomic E-state index is 9.96. The molecule has 4 nitrogen and oxygen atoms in total. The van der Waals surface area contributed by atoms with Crippen LogP contribution < -0.4 is 4.74 Å². The van der Waals surface area contributed by atoms with Crippen LogP contribution in [0.2, 0.25) is 0 Å². The van der Waals surface area contributed by atoms with Crippen molar-refractivity contribution in [1.29, 1.82) is 0 Å². The van der Waals surface area contributed by atoms with Gasteiger partial charge in [-0.25, -0.2) is 0 Å². The molecule has 2 unspecified atom stereocenters. The van der Waals surface area contributed by atoms with E-state index in [4.69, 9.17) is 4.74 Å². The Kier molecular flexibility index (Phi) is 5.95. The fourth-order valence-electron chi connectivity index (χ4n) is 1.81. The Morgan fingerprint density at radius 2 is 1.89 bits per heavy atom. The van der Waals surface area contributed by atoms with Crippen molar-refractivity contribution in [2.75, 3.05) is 6.61 Å². The van der Waals surface area contributed by atoms with Crippen LogP contribution in [0, 0.1) is 0 Å². The number of aliphatic hydroxyl groups is 2. The van der Waals surface area contributed by atoms with Gasteiger partial charge in [0.25, 0.3) is 0 Å². The number of benzene rings is 1. The summed E-state index contributed by atoms with van der Waals surface area (Å²) < 4.78 is 5.29. The van der Waals surface area contributed by atoms with Crippen LogP contribution in [0.5, 0.6) is 11.5 Å². The normalized spacial score (nSPS) is 14.2. The van der Waals surface area contributed by atoms with Gasteiger partial charge >= 0.3 is 0 Å². The van der Waals surface area contributed by atoms with Crippen molar-refractivity contribution in [3.63, 3.8) is 0 Å². The van der Waals surface area contributed by atoms with E-state index in [0.717, 1.165) is 5.56 Å². The summed E-state index contributed by atoms with van der Waals surface area (Å²) in [5.74, 6) is 0.582. The maximum Gasteiger partial charge on any atom is 0.161 e. The molecule has 18 heavy (non-hydrogen) atoms. The average Bonchev–Trinajstić information content (AvgIpc) is 2.38. The van der Waals surface area contributed by atoms with Crippen molar-refractivity contribution in [2.45, 2.75) is 45.3 Å². The zero-order valence-electron chi connectivity index (χ0n) is 11.0. The van der Waals surface area contributed by atoms with E-state index in [2.05, 4.69) is 0 Å². The topological polar surface area (TPSA) is 69.9 Å². The zero-order valence-corrected chi connectivity index (χ0v) is 11.0. The number of rotatable bonds is 7. The summed E-state index contributed by atoms with van der Waals surface area (Å²) >= 11 is 0. The highest BCUT2D eigenvalue weighted by Gasteiger charge is 2.15. The Bertz CT molecular complexity index is 365. The molecule has 1 aromatic carbocycles. The number of phenols is 1. The Morgan fingerprint density at radius 3 is 2.50 bits per heavy atom. The standard InChI is InChI=1S/C14H22O4/c1-3-11(15)12(16)9-8-10-6-5-7-13(14(10)17)18-4-2/h5-7,11-12,15-17H,3-4,8-9H2,1-2H3. The van der Waals surface area contributed by atoms with Gasteiger partial charge in [0.2, 0.25) is 0 Å². The third-order valence-electron chi connectivity index (χ3n) is 2.95. The summed E-state index contributed by atoms with van der Waals surface area (Å²) in [4.78, 5) is 0. The van der Waals surface area contributed by atoms with E-state index in [1.807, 2.05) is 19.9 Å². The molecule has 0 aromatic heterocycles.